The Morgan fingerprint density at radius 2 is 2.06 bits per heavy atom. The second-order valence-electron chi connectivity index (χ2n) is 4.55. The molecule has 1 rings (SSSR count). The zero-order chi connectivity index (χ0) is 12.6. The standard InChI is InChI=1S/C12H24N2O3/c1-3-4-12(5-7-13-8-6-12)11(15)14-17-10-9-16-2/h13H,3-10H2,1-2H3,(H,14,15). The Labute approximate surface area is 103 Å². The van der Waals surface area contributed by atoms with Crippen LogP contribution in [0.2, 0.25) is 0 Å². The fourth-order valence-electron chi connectivity index (χ4n) is 2.32. The topological polar surface area (TPSA) is 59.6 Å². The molecule has 1 amide bonds. The highest BCUT2D eigenvalue weighted by Gasteiger charge is 2.38. The van der Waals surface area contributed by atoms with Crippen molar-refractivity contribution in [3.05, 3.63) is 0 Å². The van der Waals surface area contributed by atoms with Crippen LogP contribution in [0.25, 0.3) is 0 Å². The van der Waals surface area contributed by atoms with Gasteiger partial charge in [-0.05, 0) is 32.4 Å². The van der Waals surface area contributed by atoms with Crippen LogP contribution in [0.5, 0.6) is 0 Å². The van der Waals surface area contributed by atoms with Crippen molar-refractivity contribution in [2.45, 2.75) is 32.6 Å². The van der Waals surface area contributed by atoms with Gasteiger partial charge in [-0.2, -0.15) is 0 Å². The van der Waals surface area contributed by atoms with E-state index in [4.69, 9.17) is 9.57 Å². The molecule has 1 aliphatic heterocycles. The number of hydrogen-bond acceptors (Lipinski definition) is 4. The van der Waals surface area contributed by atoms with Crippen LogP contribution in [0.4, 0.5) is 0 Å². The van der Waals surface area contributed by atoms with Gasteiger partial charge in [0.15, 0.2) is 0 Å². The summed E-state index contributed by atoms with van der Waals surface area (Å²) in [7, 11) is 1.61. The minimum atomic E-state index is -0.243. The van der Waals surface area contributed by atoms with Crippen molar-refractivity contribution in [2.24, 2.45) is 5.41 Å². The Bertz CT molecular complexity index is 222. The first-order valence-electron chi connectivity index (χ1n) is 6.37. The third kappa shape index (κ3) is 4.26. The maximum Gasteiger partial charge on any atom is 0.249 e. The quantitative estimate of drug-likeness (QED) is 0.515. The van der Waals surface area contributed by atoms with E-state index in [-0.39, 0.29) is 11.3 Å². The molecule has 0 saturated carbocycles. The number of hydrogen-bond donors (Lipinski definition) is 2. The van der Waals surface area contributed by atoms with Crippen molar-refractivity contribution < 1.29 is 14.4 Å². The molecule has 0 bridgehead atoms. The molecule has 0 aliphatic carbocycles. The number of ether oxygens (including phenoxy) is 1. The molecule has 0 unspecified atom stereocenters. The molecule has 0 aromatic carbocycles. The molecule has 2 N–H and O–H groups in total. The Kier molecular flexibility index (Phi) is 6.47. The van der Waals surface area contributed by atoms with Crippen LogP contribution < -0.4 is 10.8 Å². The van der Waals surface area contributed by atoms with E-state index in [1.165, 1.54) is 0 Å². The first-order valence-corrected chi connectivity index (χ1v) is 6.37. The van der Waals surface area contributed by atoms with Crippen molar-refractivity contribution in [3.63, 3.8) is 0 Å². The summed E-state index contributed by atoms with van der Waals surface area (Å²) in [4.78, 5) is 17.3. The van der Waals surface area contributed by atoms with Crippen LogP contribution in [0.15, 0.2) is 0 Å². The SMILES string of the molecule is CCCC1(C(=O)NOCCOC)CCNCC1. The molecule has 1 saturated heterocycles. The molecule has 0 atom stereocenters. The molecule has 1 fully saturated rings. The predicted molar refractivity (Wildman–Crippen MR) is 65.4 cm³/mol. The molecule has 17 heavy (non-hydrogen) atoms. The van der Waals surface area contributed by atoms with Gasteiger partial charge in [0.2, 0.25) is 5.91 Å². The van der Waals surface area contributed by atoms with Crippen molar-refractivity contribution in [2.75, 3.05) is 33.4 Å². The highest BCUT2D eigenvalue weighted by Crippen LogP contribution is 2.34. The van der Waals surface area contributed by atoms with Crippen LogP contribution in [0, 0.1) is 5.41 Å². The Balaban J connectivity index is 2.42. The van der Waals surface area contributed by atoms with Gasteiger partial charge in [-0.3, -0.25) is 9.63 Å². The van der Waals surface area contributed by atoms with Gasteiger partial charge in [0.05, 0.1) is 18.6 Å². The first-order chi connectivity index (χ1) is 8.25. The maximum absolute atomic E-state index is 12.2. The van der Waals surface area contributed by atoms with Crippen LogP contribution in [-0.4, -0.2) is 39.3 Å². The minimum absolute atomic E-state index is 0.0250. The van der Waals surface area contributed by atoms with E-state index in [1.807, 2.05) is 0 Å². The molecule has 1 heterocycles. The fraction of sp³-hybridized carbons (Fsp3) is 0.917. The van der Waals surface area contributed by atoms with E-state index in [9.17, 15) is 4.79 Å². The van der Waals surface area contributed by atoms with Gasteiger partial charge >= 0.3 is 0 Å². The van der Waals surface area contributed by atoms with E-state index in [0.717, 1.165) is 38.8 Å². The molecule has 5 nitrogen and oxygen atoms in total. The average Bonchev–Trinajstić information content (AvgIpc) is 2.36. The number of piperidine rings is 1. The highest BCUT2D eigenvalue weighted by atomic mass is 16.7. The van der Waals surface area contributed by atoms with E-state index >= 15 is 0 Å². The molecule has 5 heteroatoms. The summed E-state index contributed by atoms with van der Waals surface area (Å²) < 4.78 is 4.86. The monoisotopic (exact) mass is 244 g/mol. The largest absolute Gasteiger partial charge is 0.382 e. The van der Waals surface area contributed by atoms with Crippen LogP contribution in [-0.2, 0) is 14.4 Å². The first kappa shape index (κ1) is 14.4. The zero-order valence-corrected chi connectivity index (χ0v) is 10.9. The van der Waals surface area contributed by atoms with Gasteiger partial charge in [-0.25, -0.2) is 5.48 Å². The minimum Gasteiger partial charge on any atom is -0.382 e. The smallest absolute Gasteiger partial charge is 0.249 e. The van der Waals surface area contributed by atoms with Gasteiger partial charge in [-0.1, -0.05) is 13.3 Å². The molecule has 100 valence electrons. The lowest BCUT2D eigenvalue weighted by Gasteiger charge is -2.35. The number of hydroxylamine groups is 1. The zero-order valence-electron chi connectivity index (χ0n) is 10.9. The second-order valence-corrected chi connectivity index (χ2v) is 4.55. The summed E-state index contributed by atoms with van der Waals surface area (Å²) in [6.45, 7) is 4.81. The van der Waals surface area contributed by atoms with Gasteiger partial charge in [0.25, 0.3) is 0 Å². The molecule has 1 aliphatic rings. The third-order valence-corrected chi connectivity index (χ3v) is 3.33. The molecule has 0 aromatic rings. The van der Waals surface area contributed by atoms with Crippen molar-refractivity contribution in [1.82, 2.24) is 10.8 Å². The molecular formula is C12H24N2O3. The molecule has 0 aromatic heterocycles. The lowest BCUT2D eigenvalue weighted by molar-refractivity contribution is -0.147. The lowest BCUT2D eigenvalue weighted by atomic mass is 9.75. The Hall–Kier alpha value is -0.650. The number of methoxy groups -OCH3 is 1. The van der Waals surface area contributed by atoms with Crippen LogP contribution in [0.1, 0.15) is 32.6 Å². The maximum atomic E-state index is 12.2. The van der Waals surface area contributed by atoms with Crippen molar-refractivity contribution in [3.8, 4) is 0 Å². The number of nitrogens with one attached hydrogen (secondary N) is 2. The lowest BCUT2D eigenvalue weighted by Crippen LogP contribution is -2.47. The van der Waals surface area contributed by atoms with Crippen LogP contribution in [0.3, 0.4) is 0 Å². The molecule has 0 radical (unpaired) electrons. The summed E-state index contributed by atoms with van der Waals surface area (Å²) in [5, 5.41) is 3.29. The third-order valence-electron chi connectivity index (χ3n) is 3.33. The Morgan fingerprint density at radius 1 is 1.35 bits per heavy atom. The summed E-state index contributed by atoms with van der Waals surface area (Å²) in [5.74, 6) is 0.0250. The van der Waals surface area contributed by atoms with E-state index < -0.39 is 0 Å². The van der Waals surface area contributed by atoms with E-state index in [0.29, 0.717) is 13.2 Å². The summed E-state index contributed by atoms with van der Waals surface area (Å²) in [6, 6.07) is 0. The molecule has 0 spiro atoms. The molecular weight excluding hydrogens is 220 g/mol. The van der Waals surface area contributed by atoms with Gasteiger partial charge in [-0.15, -0.1) is 0 Å². The highest BCUT2D eigenvalue weighted by molar-refractivity contribution is 5.81. The summed E-state index contributed by atoms with van der Waals surface area (Å²) in [6.07, 6.45) is 3.72. The normalized spacial score (nSPS) is 18.9. The number of rotatable bonds is 7. The number of carbonyl (C=O) groups excluding carboxylic acids is 1. The number of amides is 1. The van der Waals surface area contributed by atoms with Gasteiger partial charge in [0.1, 0.15) is 0 Å². The fourth-order valence-corrected chi connectivity index (χ4v) is 2.32. The van der Waals surface area contributed by atoms with E-state index in [2.05, 4.69) is 17.7 Å². The average molecular weight is 244 g/mol. The second kappa shape index (κ2) is 7.63. The number of carbonyl (C=O) groups is 1. The van der Waals surface area contributed by atoms with Crippen molar-refractivity contribution in [1.29, 1.82) is 0 Å². The van der Waals surface area contributed by atoms with Gasteiger partial charge < -0.3 is 10.1 Å². The Morgan fingerprint density at radius 3 is 2.65 bits per heavy atom. The van der Waals surface area contributed by atoms with Crippen LogP contribution >= 0.6 is 0 Å². The summed E-state index contributed by atoms with van der Waals surface area (Å²) >= 11 is 0. The van der Waals surface area contributed by atoms with Crippen molar-refractivity contribution >= 4 is 5.91 Å². The predicted octanol–water partition coefficient (Wildman–Crippen LogP) is 0.851. The van der Waals surface area contributed by atoms with Gasteiger partial charge in [0, 0.05) is 7.11 Å². The summed E-state index contributed by atoms with van der Waals surface area (Å²) in [5.41, 5.74) is 2.32. The van der Waals surface area contributed by atoms with E-state index in [1.54, 1.807) is 7.11 Å².